The molecule has 0 fully saturated rings. The number of halogens is 1. The second kappa shape index (κ2) is 9.10. The van der Waals surface area contributed by atoms with Gasteiger partial charge in [-0.3, -0.25) is 9.52 Å². The van der Waals surface area contributed by atoms with E-state index in [1.165, 1.54) is 18.2 Å². The SMILES string of the molecule is CC(C)c1ccccc1OCCNC(=O)c1cc(NS(C)(=O)=O)ccc1Cl. The summed E-state index contributed by atoms with van der Waals surface area (Å²) < 4.78 is 30.7. The maximum atomic E-state index is 12.3. The molecule has 2 rings (SSSR count). The lowest BCUT2D eigenvalue weighted by Crippen LogP contribution is -2.28. The van der Waals surface area contributed by atoms with Gasteiger partial charge in [-0.1, -0.05) is 43.6 Å². The Morgan fingerprint density at radius 1 is 1.19 bits per heavy atom. The fourth-order valence-electron chi connectivity index (χ4n) is 2.49. The first kappa shape index (κ1) is 21.1. The van der Waals surface area contributed by atoms with Crippen molar-refractivity contribution in [3.63, 3.8) is 0 Å². The molecule has 8 heteroatoms. The minimum atomic E-state index is -3.44. The van der Waals surface area contributed by atoms with Gasteiger partial charge >= 0.3 is 0 Å². The molecule has 0 aliphatic rings. The van der Waals surface area contributed by atoms with Crippen molar-refractivity contribution in [3.8, 4) is 5.75 Å². The summed E-state index contributed by atoms with van der Waals surface area (Å²) in [5.41, 5.74) is 1.56. The van der Waals surface area contributed by atoms with Crippen LogP contribution in [0.25, 0.3) is 0 Å². The van der Waals surface area contributed by atoms with Gasteiger partial charge in [-0.25, -0.2) is 8.42 Å². The molecular weight excluding hydrogens is 388 g/mol. The molecule has 0 unspecified atom stereocenters. The molecule has 0 aromatic heterocycles. The van der Waals surface area contributed by atoms with Crippen molar-refractivity contribution in [2.45, 2.75) is 19.8 Å². The Morgan fingerprint density at radius 3 is 2.56 bits per heavy atom. The third-order valence-corrected chi connectivity index (χ3v) is 4.64. The number of rotatable bonds is 8. The Bertz CT molecular complexity index is 914. The van der Waals surface area contributed by atoms with Crippen LogP contribution in [0, 0.1) is 0 Å². The van der Waals surface area contributed by atoms with Crippen LogP contribution in [0.1, 0.15) is 35.7 Å². The number of sulfonamides is 1. The molecule has 0 saturated carbocycles. The average Bonchev–Trinajstić information content (AvgIpc) is 2.59. The highest BCUT2D eigenvalue weighted by Gasteiger charge is 2.13. The molecule has 1 amide bonds. The van der Waals surface area contributed by atoms with Gasteiger partial charge in [0, 0.05) is 5.69 Å². The summed E-state index contributed by atoms with van der Waals surface area (Å²) in [4.78, 5) is 12.3. The number of carbonyl (C=O) groups excluding carboxylic acids is 1. The number of hydrogen-bond acceptors (Lipinski definition) is 4. The summed E-state index contributed by atoms with van der Waals surface area (Å²) in [7, 11) is -3.44. The predicted molar refractivity (Wildman–Crippen MR) is 108 cm³/mol. The van der Waals surface area contributed by atoms with E-state index in [4.69, 9.17) is 16.3 Å². The number of ether oxygens (including phenoxy) is 1. The summed E-state index contributed by atoms with van der Waals surface area (Å²) in [6.45, 7) is 4.76. The van der Waals surface area contributed by atoms with Crippen molar-refractivity contribution in [1.82, 2.24) is 5.32 Å². The van der Waals surface area contributed by atoms with Gasteiger partial charge in [0.1, 0.15) is 12.4 Å². The minimum Gasteiger partial charge on any atom is -0.491 e. The molecule has 0 heterocycles. The summed E-state index contributed by atoms with van der Waals surface area (Å²) in [5, 5.41) is 2.96. The van der Waals surface area contributed by atoms with Gasteiger partial charge in [0.25, 0.3) is 5.91 Å². The molecule has 0 saturated heterocycles. The molecule has 0 spiro atoms. The van der Waals surface area contributed by atoms with Crippen LogP contribution in [0.4, 0.5) is 5.69 Å². The molecule has 146 valence electrons. The van der Waals surface area contributed by atoms with E-state index < -0.39 is 15.9 Å². The first-order valence-electron chi connectivity index (χ1n) is 8.44. The number of benzene rings is 2. The highest BCUT2D eigenvalue weighted by Crippen LogP contribution is 2.25. The lowest BCUT2D eigenvalue weighted by molar-refractivity contribution is 0.0947. The third-order valence-electron chi connectivity index (χ3n) is 3.70. The van der Waals surface area contributed by atoms with Crippen LogP contribution in [0.5, 0.6) is 5.75 Å². The molecule has 27 heavy (non-hydrogen) atoms. The zero-order chi connectivity index (χ0) is 20.0. The van der Waals surface area contributed by atoms with Gasteiger partial charge < -0.3 is 10.1 Å². The van der Waals surface area contributed by atoms with Crippen LogP contribution in [0.2, 0.25) is 5.02 Å². The van der Waals surface area contributed by atoms with Gasteiger partial charge in [-0.15, -0.1) is 0 Å². The van der Waals surface area contributed by atoms with E-state index in [2.05, 4.69) is 23.9 Å². The van der Waals surface area contributed by atoms with E-state index in [9.17, 15) is 13.2 Å². The Labute approximate surface area is 164 Å². The lowest BCUT2D eigenvalue weighted by Gasteiger charge is -2.14. The number of nitrogens with one attached hydrogen (secondary N) is 2. The molecule has 0 atom stereocenters. The Kier molecular flexibility index (Phi) is 7.10. The molecule has 0 aliphatic heterocycles. The van der Waals surface area contributed by atoms with Crippen LogP contribution < -0.4 is 14.8 Å². The number of para-hydroxylation sites is 1. The van der Waals surface area contributed by atoms with Gasteiger partial charge in [0.15, 0.2) is 0 Å². The first-order valence-corrected chi connectivity index (χ1v) is 10.7. The molecule has 2 aromatic rings. The standard InChI is InChI=1S/C19H23ClN2O4S/c1-13(2)15-6-4-5-7-18(15)26-11-10-21-19(23)16-12-14(8-9-17(16)20)22-27(3,24)25/h4-9,12-13,22H,10-11H2,1-3H3,(H,21,23). The predicted octanol–water partition coefficient (Wildman–Crippen LogP) is 3.64. The van der Waals surface area contributed by atoms with Gasteiger partial charge in [-0.2, -0.15) is 0 Å². The van der Waals surface area contributed by atoms with Crippen molar-refractivity contribution < 1.29 is 17.9 Å². The number of amides is 1. The number of anilines is 1. The summed E-state index contributed by atoms with van der Waals surface area (Å²) in [5.74, 6) is 0.719. The fraction of sp³-hybridized carbons (Fsp3) is 0.316. The van der Waals surface area contributed by atoms with Crippen LogP contribution in [0.15, 0.2) is 42.5 Å². The summed E-state index contributed by atoms with van der Waals surface area (Å²) >= 11 is 6.06. The van der Waals surface area contributed by atoms with Crippen molar-refractivity contribution in [2.24, 2.45) is 0 Å². The fourth-order valence-corrected chi connectivity index (χ4v) is 3.25. The van der Waals surface area contributed by atoms with Crippen molar-refractivity contribution >= 4 is 33.2 Å². The van der Waals surface area contributed by atoms with Crippen molar-refractivity contribution in [2.75, 3.05) is 24.1 Å². The molecule has 2 aromatic carbocycles. The molecule has 2 N–H and O–H groups in total. The third kappa shape index (κ3) is 6.45. The average molecular weight is 411 g/mol. The lowest BCUT2D eigenvalue weighted by atomic mass is 10.0. The van der Waals surface area contributed by atoms with E-state index in [1.807, 2.05) is 24.3 Å². The number of hydrogen-bond donors (Lipinski definition) is 2. The van der Waals surface area contributed by atoms with Crippen LogP contribution in [-0.2, 0) is 10.0 Å². The quantitative estimate of drug-likeness (QED) is 0.650. The highest BCUT2D eigenvalue weighted by atomic mass is 35.5. The Hall–Kier alpha value is -2.25. The maximum Gasteiger partial charge on any atom is 0.252 e. The van der Waals surface area contributed by atoms with Gasteiger partial charge in [-0.05, 0) is 35.7 Å². The summed E-state index contributed by atoms with van der Waals surface area (Å²) in [6.07, 6.45) is 1.04. The molecular formula is C19H23ClN2O4S. The van der Waals surface area contributed by atoms with Crippen LogP contribution in [-0.4, -0.2) is 33.7 Å². The monoisotopic (exact) mass is 410 g/mol. The summed E-state index contributed by atoms with van der Waals surface area (Å²) in [6, 6.07) is 12.1. The number of carbonyl (C=O) groups is 1. The van der Waals surface area contributed by atoms with E-state index in [-0.39, 0.29) is 22.8 Å². The molecule has 0 aliphatic carbocycles. The van der Waals surface area contributed by atoms with Crippen LogP contribution >= 0.6 is 11.6 Å². The molecule has 0 bridgehead atoms. The second-order valence-electron chi connectivity index (χ2n) is 6.37. The second-order valence-corrected chi connectivity index (χ2v) is 8.52. The minimum absolute atomic E-state index is 0.188. The van der Waals surface area contributed by atoms with E-state index >= 15 is 0 Å². The van der Waals surface area contributed by atoms with E-state index in [1.54, 1.807) is 0 Å². The smallest absolute Gasteiger partial charge is 0.252 e. The zero-order valence-corrected chi connectivity index (χ0v) is 17.0. The Morgan fingerprint density at radius 2 is 1.89 bits per heavy atom. The van der Waals surface area contributed by atoms with E-state index in [0.29, 0.717) is 12.5 Å². The van der Waals surface area contributed by atoms with Crippen molar-refractivity contribution in [3.05, 3.63) is 58.6 Å². The maximum absolute atomic E-state index is 12.3. The van der Waals surface area contributed by atoms with Crippen molar-refractivity contribution in [1.29, 1.82) is 0 Å². The van der Waals surface area contributed by atoms with Gasteiger partial charge in [0.2, 0.25) is 10.0 Å². The Balaban J connectivity index is 1.95. The zero-order valence-electron chi connectivity index (χ0n) is 15.5. The largest absolute Gasteiger partial charge is 0.491 e. The molecule has 6 nitrogen and oxygen atoms in total. The normalized spacial score (nSPS) is 11.3. The highest BCUT2D eigenvalue weighted by molar-refractivity contribution is 7.92. The van der Waals surface area contributed by atoms with E-state index in [0.717, 1.165) is 17.6 Å². The molecule has 0 radical (unpaired) electrons. The topological polar surface area (TPSA) is 84.5 Å². The van der Waals surface area contributed by atoms with Gasteiger partial charge in [0.05, 0.1) is 23.4 Å². The first-order chi connectivity index (χ1) is 12.7. The van der Waals surface area contributed by atoms with Crippen LogP contribution in [0.3, 0.4) is 0 Å².